The van der Waals surface area contributed by atoms with E-state index >= 15 is 0 Å². The maximum Gasteiger partial charge on any atom is 0.161 e. The zero-order valence-electron chi connectivity index (χ0n) is 12.9. The van der Waals surface area contributed by atoms with Crippen molar-refractivity contribution in [2.24, 2.45) is 5.92 Å². The van der Waals surface area contributed by atoms with E-state index in [1.54, 1.807) is 30.4 Å². The summed E-state index contributed by atoms with van der Waals surface area (Å²) in [5, 5.41) is 1.13. The van der Waals surface area contributed by atoms with Crippen molar-refractivity contribution in [3.05, 3.63) is 39.9 Å². The van der Waals surface area contributed by atoms with E-state index in [1.165, 1.54) is 0 Å². The quantitative estimate of drug-likeness (QED) is 0.717. The van der Waals surface area contributed by atoms with Gasteiger partial charge in [-0.15, -0.1) is 0 Å². The molecule has 0 aliphatic rings. The summed E-state index contributed by atoms with van der Waals surface area (Å²) in [6.07, 6.45) is 3.35. The van der Waals surface area contributed by atoms with Crippen molar-refractivity contribution in [3.63, 3.8) is 0 Å². The van der Waals surface area contributed by atoms with Gasteiger partial charge < -0.3 is 9.80 Å². The zero-order chi connectivity index (χ0) is 16.0. The molecule has 0 heterocycles. The zero-order valence-corrected chi connectivity index (χ0v) is 14.4. The molecule has 0 amide bonds. The van der Waals surface area contributed by atoms with E-state index in [0.717, 1.165) is 18.7 Å². The lowest BCUT2D eigenvalue weighted by molar-refractivity contribution is -0.119. The van der Waals surface area contributed by atoms with E-state index in [9.17, 15) is 4.79 Å². The van der Waals surface area contributed by atoms with Gasteiger partial charge in [-0.3, -0.25) is 4.79 Å². The number of benzene rings is 1. The van der Waals surface area contributed by atoms with Crippen molar-refractivity contribution < 1.29 is 4.79 Å². The first-order valence-electron chi connectivity index (χ1n) is 6.76. The Kier molecular flexibility index (Phi) is 7.40. The number of ketones is 1. The molecule has 0 atom stereocenters. The molecule has 116 valence electrons. The van der Waals surface area contributed by atoms with Gasteiger partial charge in [0.2, 0.25) is 0 Å². The van der Waals surface area contributed by atoms with Crippen LogP contribution in [-0.2, 0) is 4.79 Å². The third-order valence-electron chi connectivity index (χ3n) is 2.96. The van der Waals surface area contributed by atoms with Gasteiger partial charge in [0, 0.05) is 29.1 Å². The Morgan fingerprint density at radius 1 is 1.14 bits per heavy atom. The van der Waals surface area contributed by atoms with Gasteiger partial charge in [0.1, 0.15) is 0 Å². The van der Waals surface area contributed by atoms with Gasteiger partial charge in [-0.05, 0) is 58.0 Å². The van der Waals surface area contributed by atoms with Gasteiger partial charge in [-0.2, -0.15) is 0 Å². The van der Waals surface area contributed by atoms with Crippen LogP contribution in [0.2, 0.25) is 10.0 Å². The molecule has 0 spiro atoms. The molecule has 0 radical (unpaired) electrons. The lowest BCUT2D eigenvalue weighted by Crippen LogP contribution is -2.34. The molecule has 0 fully saturated rings. The molecule has 1 aromatic carbocycles. The van der Waals surface area contributed by atoms with Crippen LogP contribution in [0.5, 0.6) is 0 Å². The van der Waals surface area contributed by atoms with E-state index in [2.05, 4.69) is 0 Å². The predicted molar refractivity (Wildman–Crippen MR) is 91.1 cm³/mol. The number of hydrogen-bond acceptors (Lipinski definition) is 3. The monoisotopic (exact) mass is 328 g/mol. The van der Waals surface area contributed by atoms with Crippen molar-refractivity contribution in [2.75, 3.05) is 41.3 Å². The van der Waals surface area contributed by atoms with Crippen LogP contribution >= 0.6 is 23.2 Å². The van der Waals surface area contributed by atoms with Crippen LogP contribution in [0.3, 0.4) is 0 Å². The Hall–Kier alpha value is -0.870. The average molecular weight is 329 g/mol. The lowest BCUT2D eigenvalue weighted by atomic mass is 10.0. The second kappa shape index (κ2) is 8.54. The predicted octanol–water partition coefficient (Wildman–Crippen LogP) is 3.32. The fourth-order valence-electron chi connectivity index (χ4n) is 2.06. The van der Waals surface area contributed by atoms with Gasteiger partial charge >= 0.3 is 0 Å². The molecule has 5 heteroatoms. The highest BCUT2D eigenvalue weighted by Crippen LogP contribution is 2.22. The van der Waals surface area contributed by atoms with Gasteiger partial charge in [0.05, 0.1) is 0 Å². The van der Waals surface area contributed by atoms with Crippen molar-refractivity contribution in [3.8, 4) is 0 Å². The minimum absolute atomic E-state index is 0.0580. The summed E-state index contributed by atoms with van der Waals surface area (Å²) < 4.78 is 0. The molecule has 0 N–H and O–H groups in total. The molecule has 3 nitrogen and oxygen atoms in total. The molecule has 1 aromatic rings. The van der Waals surface area contributed by atoms with Crippen molar-refractivity contribution in [1.82, 2.24) is 9.80 Å². The summed E-state index contributed by atoms with van der Waals surface area (Å²) in [6, 6.07) is 5.24. The number of rotatable bonds is 7. The van der Waals surface area contributed by atoms with Crippen LogP contribution in [-0.4, -0.2) is 56.9 Å². The second-order valence-corrected chi connectivity index (χ2v) is 6.47. The van der Waals surface area contributed by atoms with Crippen molar-refractivity contribution in [1.29, 1.82) is 0 Å². The van der Waals surface area contributed by atoms with E-state index in [4.69, 9.17) is 23.2 Å². The third kappa shape index (κ3) is 6.62. The largest absolute Gasteiger partial charge is 0.309 e. The fourth-order valence-corrected chi connectivity index (χ4v) is 2.54. The van der Waals surface area contributed by atoms with Crippen molar-refractivity contribution >= 4 is 35.1 Å². The number of carbonyl (C=O) groups is 1. The van der Waals surface area contributed by atoms with Crippen LogP contribution in [0.1, 0.15) is 5.56 Å². The van der Waals surface area contributed by atoms with E-state index in [1.807, 2.05) is 38.0 Å². The number of hydrogen-bond donors (Lipinski definition) is 0. The molecule has 0 aliphatic carbocycles. The first kappa shape index (κ1) is 18.2. The minimum atomic E-state index is -0.0580. The molecule has 0 aromatic heterocycles. The Balaban J connectivity index is 2.81. The topological polar surface area (TPSA) is 23.6 Å². The van der Waals surface area contributed by atoms with Gasteiger partial charge in [0.25, 0.3) is 0 Å². The maximum absolute atomic E-state index is 12.4. The number of allylic oxidation sites excluding steroid dienone is 1. The molecule has 0 unspecified atom stereocenters. The van der Waals surface area contributed by atoms with Gasteiger partial charge in [0.15, 0.2) is 5.78 Å². The van der Waals surface area contributed by atoms with Gasteiger partial charge in [-0.1, -0.05) is 29.3 Å². The summed E-state index contributed by atoms with van der Waals surface area (Å²) in [7, 11) is 7.87. The smallest absolute Gasteiger partial charge is 0.161 e. The molecule has 0 saturated heterocycles. The Bertz CT molecular complexity index is 503. The highest BCUT2D eigenvalue weighted by molar-refractivity contribution is 6.35. The highest BCUT2D eigenvalue weighted by atomic mass is 35.5. The number of nitrogens with zero attached hydrogens (tertiary/aromatic N) is 2. The summed E-state index contributed by atoms with van der Waals surface area (Å²) in [6.45, 7) is 1.44. The average Bonchev–Trinajstić information content (AvgIpc) is 2.35. The molecule has 0 aliphatic heterocycles. The van der Waals surface area contributed by atoms with E-state index in [0.29, 0.717) is 10.0 Å². The van der Waals surface area contributed by atoms with E-state index < -0.39 is 0 Å². The van der Waals surface area contributed by atoms with Crippen molar-refractivity contribution in [2.45, 2.75) is 0 Å². The summed E-state index contributed by atoms with van der Waals surface area (Å²) in [5.74, 6) is 0.0424. The first-order valence-corrected chi connectivity index (χ1v) is 7.51. The summed E-state index contributed by atoms with van der Waals surface area (Å²) in [4.78, 5) is 16.4. The molecular formula is C16H22Cl2N2O. The Morgan fingerprint density at radius 3 is 2.19 bits per heavy atom. The molecular weight excluding hydrogens is 307 g/mol. The normalized spacial score (nSPS) is 12.0. The van der Waals surface area contributed by atoms with Crippen LogP contribution in [0.4, 0.5) is 0 Å². The highest BCUT2D eigenvalue weighted by Gasteiger charge is 2.17. The van der Waals surface area contributed by atoms with Crippen LogP contribution in [0.25, 0.3) is 6.08 Å². The molecule has 1 rings (SSSR count). The summed E-state index contributed by atoms with van der Waals surface area (Å²) >= 11 is 12.0. The van der Waals surface area contributed by atoms with Crippen LogP contribution in [0.15, 0.2) is 24.3 Å². The lowest BCUT2D eigenvalue weighted by Gasteiger charge is -2.22. The van der Waals surface area contributed by atoms with E-state index in [-0.39, 0.29) is 11.7 Å². The maximum atomic E-state index is 12.4. The molecule has 21 heavy (non-hydrogen) atoms. The number of carbonyl (C=O) groups excluding carboxylic acids is 1. The Morgan fingerprint density at radius 2 is 1.71 bits per heavy atom. The van der Waals surface area contributed by atoms with Crippen LogP contribution in [0, 0.1) is 5.92 Å². The van der Waals surface area contributed by atoms with Crippen LogP contribution < -0.4 is 0 Å². The number of halogens is 2. The molecule has 0 bridgehead atoms. The summed E-state index contributed by atoms with van der Waals surface area (Å²) in [5.41, 5.74) is 0.794. The second-order valence-electron chi connectivity index (χ2n) is 5.62. The SMILES string of the molecule is CN(C)CC(CN(C)C)C(=O)/C=C/c1ccc(Cl)cc1Cl. The standard InChI is InChI=1S/C16H22Cl2N2O/c1-19(2)10-13(11-20(3)4)16(21)8-6-12-5-7-14(17)9-15(12)18/h5-9,13H,10-11H2,1-4H3/b8-6+. The minimum Gasteiger partial charge on any atom is -0.309 e. The third-order valence-corrected chi connectivity index (χ3v) is 3.53. The molecule has 0 saturated carbocycles. The first-order chi connectivity index (χ1) is 9.79. The Labute approximate surface area is 137 Å². The fraction of sp³-hybridized carbons (Fsp3) is 0.438. The van der Waals surface area contributed by atoms with Gasteiger partial charge in [-0.25, -0.2) is 0 Å².